The molecule has 1 aliphatic rings. The molecule has 0 heterocycles. The van der Waals surface area contributed by atoms with Gasteiger partial charge in [0.15, 0.2) is 0 Å². The lowest BCUT2D eigenvalue weighted by Gasteiger charge is -2.15. The lowest BCUT2D eigenvalue weighted by Crippen LogP contribution is -2.00. The number of hydrogen-bond acceptors (Lipinski definition) is 0. The molecule has 0 aromatic rings. The van der Waals surface area contributed by atoms with Crippen molar-refractivity contribution in [3.05, 3.63) is 0 Å². The lowest BCUT2D eigenvalue weighted by atomic mass is 9.91. The summed E-state index contributed by atoms with van der Waals surface area (Å²) in [4.78, 5) is 0. The molecule has 1 fully saturated rings. The van der Waals surface area contributed by atoms with Crippen molar-refractivity contribution in [2.24, 2.45) is 17.8 Å². The topological polar surface area (TPSA) is 0 Å². The van der Waals surface area contributed by atoms with E-state index in [2.05, 4.69) is 20.8 Å². The van der Waals surface area contributed by atoms with E-state index in [1.165, 1.54) is 70.6 Å². The predicted molar refractivity (Wildman–Crippen MR) is 82.9 cm³/mol. The van der Waals surface area contributed by atoms with E-state index >= 15 is 0 Å². The van der Waals surface area contributed by atoms with E-state index in [1.807, 2.05) is 0 Å². The van der Waals surface area contributed by atoms with E-state index in [1.54, 1.807) is 6.42 Å². The number of hydrogen-bond donors (Lipinski definition) is 0. The van der Waals surface area contributed by atoms with E-state index in [4.69, 9.17) is 0 Å². The molecule has 1 rings (SSSR count). The molecule has 0 aromatic heterocycles. The Morgan fingerprint density at radius 1 is 0.889 bits per heavy atom. The molecule has 0 amide bonds. The van der Waals surface area contributed by atoms with Crippen molar-refractivity contribution in [2.45, 2.75) is 97.8 Å². The minimum atomic E-state index is 1.02. The largest absolute Gasteiger partial charge is 0.0654 e. The Morgan fingerprint density at radius 3 is 2.22 bits per heavy atom. The Hall–Kier alpha value is 0. The second-order valence-corrected chi connectivity index (χ2v) is 6.65. The van der Waals surface area contributed by atoms with Crippen LogP contribution < -0.4 is 0 Å². The molecule has 108 valence electrons. The maximum atomic E-state index is 2.38. The average Bonchev–Trinajstić information content (AvgIpc) is 2.86. The van der Waals surface area contributed by atoms with E-state index in [9.17, 15) is 0 Å². The van der Waals surface area contributed by atoms with E-state index in [0.717, 1.165) is 17.8 Å². The van der Waals surface area contributed by atoms with Crippen LogP contribution in [0.3, 0.4) is 0 Å². The third-order valence-electron chi connectivity index (χ3n) is 5.25. The normalized spacial score (nSPS) is 25.5. The summed E-state index contributed by atoms with van der Waals surface area (Å²) in [6, 6.07) is 0. The first-order valence-electron chi connectivity index (χ1n) is 8.80. The van der Waals surface area contributed by atoms with Crippen LogP contribution in [-0.4, -0.2) is 0 Å². The minimum Gasteiger partial charge on any atom is -0.0654 e. The molecule has 0 aromatic carbocycles. The molecule has 0 aliphatic heterocycles. The molecule has 3 unspecified atom stereocenters. The molecule has 1 saturated carbocycles. The van der Waals surface area contributed by atoms with Crippen LogP contribution in [0.25, 0.3) is 0 Å². The summed E-state index contributed by atoms with van der Waals surface area (Å²) in [6.07, 6.45) is 17.8. The molecule has 18 heavy (non-hydrogen) atoms. The van der Waals surface area contributed by atoms with Crippen molar-refractivity contribution < 1.29 is 0 Å². The number of rotatable bonds is 10. The van der Waals surface area contributed by atoms with Gasteiger partial charge in [0.1, 0.15) is 0 Å². The molecule has 0 heteroatoms. The Kier molecular flexibility index (Phi) is 8.80. The highest BCUT2D eigenvalue weighted by molar-refractivity contribution is 4.74. The van der Waals surface area contributed by atoms with Crippen LogP contribution >= 0.6 is 0 Å². The van der Waals surface area contributed by atoms with Crippen molar-refractivity contribution >= 4 is 0 Å². The third kappa shape index (κ3) is 6.25. The van der Waals surface area contributed by atoms with Gasteiger partial charge in [-0.3, -0.25) is 0 Å². The molecule has 0 N–H and O–H groups in total. The monoisotopic (exact) mass is 252 g/mol. The minimum absolute atomic E-state index is 1.02. The Labute approximate surface area is 116 Å². The fourth-order valence-electron chi connectivity index (χ4n) is 3.72. The van der Waals surface area contributed by atoms with Crippen LogP contribution in [0.15, 0.2) is 0 Å². The Morgan fingerprint density at radius 2 is 1.61 bits per heavy atom. The van der Waals surface area contributed by atoms with Gasteiger partial charge >= 0.3 is 0 Å². The summed E-state index contributed by atoms with van der Waals surface area (Å²) in [5, 5.41) is 0. The van der Waals surface area contributed by atoms with Gasteiger partial charge in [0, 0.05) is 0 Å². The summed E-state index contributed by atoms with van der Waals surface area (Å²) in [7, 11) is 0. The maximum absolute atomic E-state index is 2.38. The van der Waals surface area contributed by atoms with Gasteiger partial charge in [-0.15, -0.1) is 0 Å². The zero-order valence-corrected chi connectivity index (χ0v) is 13.2. The zero-order valence-electron chi connectivity index (χ0n) is 13.2. The summed E-state index contributed by atoms with van der Waals surface area (Å²) in [5.41, 5.74) is 0. The fraction of sp³-hybridized carbons (Fsp3) is 1.00. The van der Waals surface area contributed by atoms with E-state index in [0.29, 0.717) is 0 Å². The first-order chi connectivity index (χ1) is 8.80. The van der Waals surface area contributed by atoms with Crippen molar-refractivity contribution in [3.8, 4) is 0 Å². The van der Waals surface area contributed by atoms with Gasteiger partial charge < -0.3 is 0 Å². The highest BCUT2D eigenvalue weighted by Crippen LogP contribution is 2.36. The number of unbranched alkanes of at least 4 members (excludes halogenated alkanes) is 2. The highest BCUT2D eigenvalue weighted by Gasteiger charge is 2.22. The standard InChI is InChI=1S/C18H36/c1-4-7-10-16(5-2)11-8-9-12-18-14-13-17(6-3)15-18/h16-18H,4-15H2,1-3H3. The van der Waals surface area contributed by atoms with Gasteiger partial charge in [0.2, 0.25) is 0 Å². The molecule has 3 atom stereocenters. The first kappa shape index (κ1) is 16.1. The van der Waals surface area contributed by atoms with Gasteiger partial charge in [-0.2, -0.15) is 0 Å². The van der Waals surface area contributed by atoms with Crippen LogP contribution in [-0.2, 0) is 0 Å². The Balaban J connectivity index is 2.00. The van der Waals surface area contributed by atoms with Crippen molar-refractivity contribution in [1.82, 2.24) is 0 Å². The molecular weight excluding hydrogens is 216 g/mol. The molecular formula is C18H36. The molecule has 1 aliphatic carbocycles. The van der Waals surface area contributed by atoms with Crippen LogP contribution in [0.1, 0.15) is 97.8 Å². The Bertz CT molecular complexity index is 180. The quantitative estimate of drug-likeness (QED) is 0.385. The highest BCUT2D eigenvalue weighted by atomic mass is 14.3. The van der Waals surface area contributed by atoms with Crippen molar-refractivity contribution in [2.75, 3.05) is 0 Å². The van der Waals surface area contributed by atoms with Crippen LogP contribution in [0.5, 0.6) is 0 Å². The average molecular weight is 252 g/mol. The fourth-order valence-corrected chi connectivity index (χ4v) is 3.72. The second kappa shape index (κ2) is 9.87. The summed E-state index contributed by atoms with van der Waals surface area (Å²) in [6.45, 7) is 7.06. The zero-order chi connectivity index (χ0) is 13.2. The lowest BCUT2D eigenvalue weighted by molar-refractivity contribution is 0.381. The molecule has 0 spiro atoms. The van der Waals surface area contributed by atoms with Crippen LogP contribution in [0.2, 0.25) is 0 Å². The van der Waals surface area contributed by atoms with Crippen molar-refractivity contribution in [1.29, 1.82) is 0 Å². The van der Waals surface area contributed by atoms with E-state index in [-0.39, 0.29) is 0 Å². The van der Waals surface area contributed by atoms with Crippen LogP contribution in [0, 0.1) is 17.8 Å². The van der Waals surface area contributed by atoms with E-state index < -0.39 is 0 Å². The smallest absolute Gasteiger partial charge is 0.0412 e. The van der Waals surface area contributed by atoms with Crippen LogP contribution in [0.4, 0.5) is 0 Å². The maximum Gasteiger partial charge on any atom is -0.0412 e. The summed E-state index contributed by atoms with van der Waals surface area (Å²) >= 11 is 0. The van der Waals surface area contributed by atoms with Gasteiger partial charge in [0.05, 0.1) is 0 Å². The summed E-state index contributed by atoms with van der Waals surface area (Å²) in [5.74, 6) is 3.19. The van der Waals surface area contributed by atoms with Gasteiger partial charge in [-0.25, -0.2) is 0 Å². The first-order valence-corrected chi connectivity index (χ1v) is 8.80. The molecule has 0 radical (unpaired) electrons. The third-order valence-corrected chi connectivity index (χ3v) is 5.25. The molecule has 0 nitrogen and oxygen atoms in total. The van der Waals surface area contributed by atoms with Gasteiger partial charge in [0.25, 0.3) is 0 Å². The van der Waals surface area contributed by atoms with Crippen molar-refractivity contribution in [3.63, 3.8) is 0 Å². The molecule has 0 bridgehead atoms. The second-order valence-electron chi connectivity index (χ2n) is 6.65. The summed E-state index contributed by atoms with van der Waals surface area (Å²) < 4.78 is 0. The SMILES string of the molecule is CCCCC(CC)CCCCC1CCC(CC)C1. The van der Waals surface area contributed by atoms with Gasteiger partial charge in [-0.05, 0) is 24.2 Å². The molecule has 0 saturated heterocycles. The van der Waals surface area contributed by atoms with Gasteiger partial charge in [-0.1, -0.05) is 91.4 Å². The predicted octanol–water partition coefficient (Wildman–Crippen LogP) is 6.59.